The molecule has 12 aromatic carbocycles. The van der Waals surface area contributed by atoms with E-state index in [1.165, 1.54) is 120 Å². The van der Waals surface area contributed by atoms with Gasteiger partial charge in [0.15, 0.2) is 0 Å². The smallest absolute Gasteiger partial charge is 0.00206 e. The molecule has 0 amide bonds. The Labute approximate surface area is 325 Å². The molecule has 0 nitrogen and oxygen atoms in total. The summed E-state index contributed by atoms with van der Waals surface area (Å²) < 4.78 is 0. The third-order valence-corrected chi connectivity index (χ3v) is 12.2. The fourth-order valence-electron chi connectivity index (χ4n) is 9.42. The highest BCUT2D eigenvalue weighted by Gasteiger charge is 2.14. The summed E-state index contributed by atoms with van der Waals surface area (Å²) in [5, 5.41) is 15.8. The molecule has 0 aliphatic heterocycles. The second-order valence-corrected chi connectivity index (χ2v) is 15.3. The topological polar surface area (TPSA) is 0 Å². The molecular weight excluding hydrogens is 673 g/mol. The van der Waals surface area contributed by atoms with Gasteiger partial charge in [0.2, 0.25) is 0 Å². The molecule has 258 valence electrons. The highest BCUT2D eigenvalue weighted by atomic mass is 14.2. The third-order valence-electron chi connectivity index (χ3n) is 12.2. The summed E-state index contributed by atoms with van der Waals surface area (Å²) in [5.74, 6) is 0. The Balaban J connectivity index is 0.843. The van der Waals surface area contributed by atoms with Gasteiger partial charge in [0.1, 0.15) is 0 Å². The lowest BCUT2D eigenvalue weighted by atomic mass is 9.89. The van der Waals surface area contributed by atoms with Gasteiger partial charge in [-0.25, -0.2) is 0 Å². The fraction of sp³-hybridized carbons (Fsp3) is 0. The Morgan fingerprint density at radius 3 is 0.929 bits per heavy atom. The lowest BCUT2D eigenvalue weighted by molar-refractivity contribution is 1.57. The van der Waals surface area contributed by atoms with Crippen LogP contribution < -0.4 is 0 Å². The van der Waals surface area contributed by atoms with Crippen LogP contribution in [-0.4, -0.2) is 0 Å². The molecule has 0 spiro atoms. The zero-order chi connectivity index (χ0) is 36.7. The van der Waals surface area contributed by atoms with Gasteiger partial charge in [-0.15, -0.1) is 0 Å². The Morgan fingerprint density at radius 2 is 0.482 bits per heavy atom. The molecule has 0 aliphatic rings. The van der Waals surface area contributed by atoms with E-state index in [1.807, 2.05) is 0 Å². The zero-order valence-corrected chi connectivity index (χ0v) is 30.6. The van der Waals surface area contributed by atoms with Crippen molar-refractivity contribution in [3.8, 4) is 55.6 Å². The molecule has 0 aromatic heterocycles. The summed E-state index contributed by atoms with van der Waals surface area (Å²) in [7, 11) is 0. The van der Waals surface area contributed by atoms with Crippen molar-refractivity contribution in [3.05, 3.63) is 206 Å². The van der Waals surface area contributed by atoms with E-state index >= 15 is 0 Å². The normalized spacial score (nSPS) is 11.9. The Hall–Kier alpha value is -7.28. The fourth-order valence-corrected chi connectivity index (χ4v) is 9.42. The van der Waals surface area contributed by atoms with Crippen molar-refractivity contribution in [2.45, 2.75) is 0 Å². The van der Waals surface area contributed by atoms with E-state index in [9.17, 15) is 0 Å². The minimum Gasteiger partial charge on any atom is -0.0610 e. The minimum absolute atomic E-state index is 1.21. The van der Waals surface area contributed by atoms with Gasteiger partial charge in [-0.1, -0.05) is 194 Å². The maximum Gasteiger partial charge on any atom is -0.00206 e. The van der Waals surface area contributed by atoms with E-state index < -0.39 is 0 Å². The van der Waals surface area contributed by atoms with E-state index in [0.29, 0.717) is 0 Å². The van der Waals surface area contributed by atoms with Crippen molar-refractivity contribution in [2.24, 2.45) is 0 Å². The summed E-state index contributed by atoms with van der Waals surface area (Å²) in [6, 6.07) is 76.5. The van der Waals surface area contributed by atoms with Gasteiger partial charge in [-0.05, 0) is 132 Å². The predicted octanol–water partition coefficient (Wildman–Crippen LogP) is 15.8. The maximum atomic E-state index is 2.34. The van der Waals surface area contributed by atoms with Crippen molar-refractivity contribution in [1.29, 1.82) is 0 Å². The molecule has 0 heteroatoms. The summed E-state index contributed by atoms with van der Waals surface area (Å²) in [4.78, 5) is 0. The molecule has 0 aliphatic carbocycles. The summed E-state index contributed by atoms with van der Waals surface area (Å²) in [6.45, 7) is 0. The first-order valence-electron chi connectivity index (χ1n) is 19.5. The van der Waals surface area contributed by atoms with Crippen LogP contribution in [0.1, 0.15) is 0 Å². The predicted molar refractivity (Wildman–Crippen MR) is 241 cm³/mol. The zero-order valence-electron chi connectivity index (χ0n) is 30.6. The molecule has 0 N–H and O–H groups in total. The van der Waals surface area contributed by atoms with Crippen LogP contribution in [0.25, 0.3) is 120 Å². The second-order valence-electron chi connectivity index (χ2n) is 15.3. The van der Waals surface area contributed by atoms with E-state index in [4.69, 9.17) is 0 Å². The van der Waals surface area contributed by atoms with Gasteiger partial charge in [0.05, 0.1) is 0 Å². The van der Waals surface area contributed by atoms with Crippen LogP contribution in [0.3, 0.4) is 0 Å². The summed E-state index contributed by atoms with van der Waals surface area (Å²) in [6.07, 6.45) is 0. The first kappa shape index (κ1) is 31.1. The van der Waals surface area contributed by atoms with Crippen LogP contribution in [0.4, 0.5) is 0 Å². The Morgan fingerprint density at radius 1 is 0.179 bits per heavy atom. The van der Waals surface area contributed by atoms with Crippen molar-refractivity contribution >= 4 is 64.6 Å². The van der Waals surface area contributed by atoms with E-state index in [2.05, 4.69) is 206 Å². The van der Waals surface area contributed by atoms with Crippen LogP contribution in [0, 0.1) is 0 Å². The van der Waals surface area contributed by atoms with Crippen LogP contribution in [0.5, 0.6) is 0 Å². The van der Waals surface area contributed by atoms with Gasteiger partial charge in [0.25, 0.3) is 0 Å². The molecule has 0 bridgehead atoms. The first-order chi connectivity index (χ1) is 27.7. The average Bonchev–Trinajstić information content (AvgIpc) is 3.27. The lowest BCUT2D eigenvalue weighted by Gasteiger charge is -2.15. The van der Waals surface area contributed by atoms with Crippen molar-refractivity contribution in [3.63, 3.8) is 0 Å². The summed E-state index contributed by atoms with van der Waals surface area (Å²) in [5.41, 5.74) is 12.3. The number of rotatable bonds is 5. The second kappa shape index (κ2) is 12.1. The molecule has 56 heavy (non-hydrogen) atoms. The van der Waals surface area contributed by atoms with Crippen LogP contribution >= 0.6 is 0 Å². The van der Waals surface area contributed by atoms with E-state index in [0.717, 1.165) is 0 Å². The first-order valence-corrected chi connectivity index (χ1v) is 19.5. The number of hydrogen-bond acceptors (Lipinski definition) is 0. The molecule has 0 unspecified atom stereocenters. The van der Waals surface area contributed by atoms with Crippen LogP contribution in [0.15, 0.2) is 206 Å². The molecule has 0 fully saturated rings. The van der Waals surface area contributed by atoms with Crippen molar-refractivity contribution in [2.75, 3.05) is 0 Å². The van der Waals surface area contributed by atoms with E-state index in [1.54, 1.807) is 0 Å². The molecule has 12 rings (SSSR count). The summed E-state index contributed by atoms with van der Waals surface area (Å²) >= 11 is 0. The molecule has 0 atom stereocenters. The van der Waals surface area contributed by atoms with Gasteiger partial charge in [-0.2, -0.15) is 0 Å². The molecule has 0 heterocycles. The van der Waals surface area contributed by atoms with Crippen molar-refractivity contribution in [1.82, 2.24) is 0 Å². The number of benzene rings is 12. The Bertz CT molecular complexity index is 3410. The highest BCUT2D eigenvalue weighted by molar-refractivity contribution is 6.26. The maximum absolute atomic E-state index is 2.34. The van der Waals surface area contributed by atoms with Gasteiger partial charge < -0.3 is 0 Å². The molecule has 12 aromatic rings. The van der Waals surface area contributed by atoms with Crippen molar-refractivity contribution < 1.29 is 0 Å². The van der Waals surface area contributed by atoms with Gasteiger partial charge >= 0.3 is 0 Å². The molecule has 0 saturated carbocycles. The van der Waals surface area contributed by atoms with Gasteiger partial charge in [-0.3, -0.25) is 0 Å². The van der Waals surface area contributed by atoms with Crippen LogP contribution in [-0.2, 0) is 0 Å². The Kier molecular flexibility index (Phi) is 6.73. The third kappa shape index (κ3) is 4.79. The minimum atomic E-state index is 1.21. The molecule has 0 radical (unpaired) electrons. The monoisotopic (exact) mass is 706 g/mol. The highest BCUT2D eigenvalue weighted by Crippen LogP contribution is 2.42. The quantitative estimate of drug-likeness (QED) is 0.156. The van der Waals surface area contributed by atoms with E-state index in [-0.39, 0.29) is 0 Å². The van der Waals surface area contributed by atoms with Gasteiger partial charge in [0, 0.05) is 0 Å². The molecule has 0 saturated heterocycles. The average molecular weight is 707 g/mol. The SMILES string of the molecule is c1cc(-c2ccc(-c3cccc(-c4ccc5ccc6cccc7ccc4c5c67)c3)cc2)cc(-c2ccc(-c3ccc4ccc5cccc6ccc3c4c56)cc2)c1. The van der Waals surface area contributed by atoms with Crippen LogP contribution in [0.2, 0.25) is 0 Å². The number of hydrogen-bond donors (Lipinski definition) is 0. The largest absolute Gasteiger partial charge is 0.0610 e. The standard InChI is InChI=1S/C56H34/c1-5-39-21-23-43-25-29-49(51-31-27-41(7-1)53(39)55(43)51)38-19-17-37(18-20-38)46-10-3-9-45(33-46)35-13-15-36(16-14-35)47-11-4-12-48(34-47)50-30-26-44-24-22-40-6-2-8-42-28-32-52(50)56(44)54(40)42/h1-34H. The molecular formula is C56H34. The lowest BCUT2D eigenvalue weighted by Crippen LogP contribution is -1.88.